The van der Waals surface area contributed by atoms with Crippen molar-refractivity contribution in [1.82, 2.24) is 10.2 Å². The molecule has 0 saturated carbocycles. The van der Waals surface area contributed by atoms with Crippen molar-refractivity contribution >= 4 is 23.2 Å². The summed E-state index contributed by atoms with van der Waals surface area (Å²) in [5.41, 5.74) is 4.92. The first-order valence-corrected chi connectivity index (χ1v) is 16.5. The van der Waals surface area contributed by atoms with Gasteiger partial charge in [0, 0.05) is 50.5 Å². The first-order chi connectivity index (χ1) is 20.6. The first kappa shape index (κ1) is 32.0. The number of amides is 2. The highest BCUT2D eigenvalue weighted by atomic mass is 16.5. The van der Waals surface area contributed by atoms with Gasteiger partial charge in [0.05, 0.1) is 18.8 Å². The number of nitrogens with zero attached hydrogens (tertiary/aromatic N) is 2. The summed E-state index contributed by atoms with van der Waals surface area (Å²) < 4.78 is 5.44. The van der Waals surface area contributed by atoms with Crippen LogP contribution in [-0.2, 0) is 22.5 Å². The Morgan fingerprint density at radius 1 is 0.833 bits per heavy atom. The Labute approximate surface area is 253 Å². The SMILES string of the molecule is CCCCCCCCCCCC(=O)Nc1ccc(N2CCc3ccccc3C2)c(C(=O)NCCCN2CCOCC2)c1. The number of anilines is 2. The summed E-state index contributed by atoms with van der Waals surface area (Å²) in [4.78, 5) is 30.9. The second kappa shape index (κ2) is 17.9. The molecule has 7 heteroatoms. The highest BCUT2D eigenvalue weighted by Gasteiger charge is 2.22. The summed E-state index contributed by atoms with van der Waals surface area (Å²) >= 11 is 0. The Morgan fingerprint density at radius 2 is 1.55 bits per heavy atom. The van der Waals surface area contributed by atoms with Gasteiger partial charge in [-0.3, -0.25) is 14.5 Å². The molecule has 2 aliphatic rings. The average Bonchev–Trinajstić information content (AvgIpc) is 3.02. The summed E-state index contributed by atoms with van der Waals surface area (Å²) in [5, 5.41) is 6.21. The smallest absolute Gasteiger partial charge is 0.253 e. The molecule has 7 nitrogen and oxygen atoms in total. The van der Waals surface area contributed by atoms with E-state index in [2.05, 4.69) is 51.6 Å². The molecular weight excluding hydrogens is 524 g/mol. The third-order valence-electron chi connectivity index (χ3n) is 8.54. The molecule has 42 heavy (non-hydrogen) atoms. The maximum Gasteiger partial charge on any atom is 0.253 e. The van der Waals surface area contributed by atoms with Crippen LogP contribution in [-0.4, -0.2) is 62.7 Å². The molecule has 2 heterocycles. The molecular formula is C35H52N4O3. The lowest BCUT2D eigenvalue weighted by molar-refractivity contribution is -0.116. The van der Waals surface area contributed by atoms with Crippen LogP contribution in [0.25, 0.3) is 0 Å². The predicted molar refractivity (Wildman–Crippen MR) is 172 cm³/mol. The van der Waals surface area contributed by atoms with Crippen LogP contribution in [0.5, 0.6) is 0 Å². The second-order valence-electron chi connectivity index (χ2n) is 11.9. The molecule has 0 bridgehead atoms. The van der Waals surface area contributed by atoms with Crippen LogP contribution in [0.1, 0.15) is 99.0 Å². The molecule has 230 valence electrons. The zero-order chi connectivity index (χ0) is 29.4. The number of fused-ring (bicyclic) bond motifs is 1. The van der Waals surface area contributed by atoms with Crippen LogP contribution >= 0.6 is 0 Å². The molecule has 2 aromatic rings. The third-order valence-corrected chi connectivity index (χ3v) is 8.54. The maximum atomic E-state index is 13.5. The van der Waals surface area contributed by atoms with E-state index in [4.69, 9.17) is 4.74 Å². The van der Waals surface area contributed by atoms with E-state index in [1.165, 1.54) is 56.1 Å². The largest absolute Gasteiger partial charge is 0.379 e. The van der Waals surface area contributed by atoms with Gasteiger partial charge in [-0.05, 0) is 55.1 Å². The first-order valence-electron chi connectivity index (χ1n) is 16.5. The summed E-state index contributed by atoms with van der Waals surface area (Å²) in [6.45, 7) is 8.93. The van der Waals surface area contributed by atoms with Gasteiger partial charge in [-0.2, -0.15) is 0 Å². The number of morpholine rings is 1. The van der Waals surface area contributed by atoms with Gasteiger partial charge in [-0.25, -0.2) is 0 Å². The average molecular weight is 577 g/mol. The van der Waals surface area contributed by atoms with E-state index in [0.29, 0.717) is 24.2 Å². The number of unbranched alkanes of at least 4 members (excludes halogenated alkanes) is 8. The maximum absolute atomic E-state index is 13.5. The number of benzene rings is 2. The monoisotopic (exact) mass is 576 g/mol. The Morgan fingerprint density at radius 3 is 2.31 bits per heavy atom. The Hall–Kier alpha value is -2.90. The van der Waals surface area contributed by atoms with E-state index in [0.717, 1.165) is 77.3 Å². The minimum absolute atomic E-state index is 0.0227. The van der Waals surface area contributed by atoms with Crippen molar-refractivity contribution in [2.45, 2.75) is 90.5 Å². The van der Waals surface area contributed by atoms with Crippen LogP contribution in [0.4, 0.5) is 11.4 Å². The fourth-order valence-corrected chi connectivity index (χ4v) is 6.02. The van der Waals surface area contributed by atoms with Gasteiger partial charge in [-0.15, -0.1) is 0 Å². The van der Waals surface area contributed by atoms with Crippen LogP contribution in [0.15, 0.2) is 42.5 Å². The minimum Gasteiger partial charge on any atom is -0.379 e. The normalized spacial score (nSPS) is 15.3. The zero-order valence-electron chi connectivity index (χ0n) is 25.8. The summed E-state index contributed by atoms with van der Waals surface area (Å²) in [7, 11) is 0. The second-order valence-corrected chi connectivity index (χ2v) is 11.9. The number of rotatable bonds is 17. The number of hydrogen-bond donors (Lipinski definition) is 2. The molecule has 0 aromatic heterocycles. The van der Waals surface area contributed by atoms with Gasteiger partial charge in [0.1, 0.15) is 0 Å². The van der Waals surface area contributed by atoms with Gasteiger partial charge in [-0.1, -0.05) is 82.6 Å². The van der Waals surface area contributed by atoms with Crippen molar-refractivity contribution in [1.29, 1.82) is 0 Å². The van der Waals surface area contributed by atoms with E-state index < -0.39 is 0 Å². The lowest BCUT2D eigenvalue weighted by atomic mass is 9.98. The molecule has 0 radical (unpaired) electrons. The number of nitrogens with one attached hydrogen (secondary N) is 2. The molecule has 2 N–H and O–H groups in total. The number of ether oxygens (including phenoxy) is 1. The highest BCUT2D eigenvalue weighted by molar-refractivity contribution is 6.02. The molecule has 2 amide bonds. The predicted octanol–water partition coefficient (Wildman–Crippen LogP) is 6.56. The lowest BCUT2D eigenvalue weighted by Crippen LogP contribution is -2.38. The topological polar surface area (TPSA) is 73.9 Å². The standard InChI is InChI=1S/C35H52N4O3/c1-2-3-4-5-6-7-8-9-10-16-34(40)37-31-17-18-33(39-22-19-29-14-11-12-15-30(29)28-39)32(27-31)35(41)36-20-13-21-38-23-25-42-26-24-38/h11-12,14-15,17-18,27H,2-10,13,16,19-26,28H2,1H3,(H,36,41)(H,37,40). The van der Waals surface area contributed by atoms with Gasteiger partial charge in [0.2, 0.25) is 5.91 Å². The van der Waals surface area contributed by atoms with Crippen molar-refractivity contribution in [3.8, 4) is 0 Å². The van der Waals surface area contributed by atoms with E-state index in [1.54, 1.807) is 0 Å². The zero-order valence-corrected chi connectivity index (χ0v) is 25.8. The van der Waals surface area contributed by atoms with Crippen molar-refractivity contribution in [2.75, 3.05) is 56.2 Å². The minimum atomic E-state index is -0.0825. The lowest BCUT2D eigenvalue weighted by Gasteiger charge is -2.32. The molecule has 2 aromatic carbocycles. The fraction of sp³-hybridized carbons (Fsp3) is 0.600. The van der Waals surface area contributed by atoms with Crippen LogP contribution in [0, 0.1) is 0 Å². The van der Waals surface area contributed by atoms with E-state index in [-0.39, 0.29) is 11.8 Å². The molecule has 0 unspecified atom stereocenters. The number of carbonyl (C=O) groups excluding carboxylic acids is 2. The van der Waals surface area contributed by atoms with Crippen LogP contribution in [0.3, 0.4) is 0 Å². The van der Waals surface area contributed by atoms with Gasteiger partial charge < -0.3 is 20.3 Å². The quantitative estimate of drug-likeness (QED) is 0.209. The molecule has 0 spiro atoms. The number of hydrogen-bond acceptors (Lipinski definition) is 5. The summed E-state index contributed by atoms with van der Waals surface area (Å²) in [6, 6.07) is 14.4. The van der Waals surface area contributed by atoms with E-state index >= 15 is 0 Å². The highest BCUT2D eigenvalue weighted by Crippen LogP contribution is 2.30. The van der Waals surface area contributed by atoms with Crippen LogP contribution in [0.2, 0.25) is 0 Å². The van der Waals surface area contributed by atoms with Crippen molar-refractivity contribution < 1.29 is 14.3 Å². The Bertz CT molecular complexity index is 1120. The molecule has 1 fully saturated rings. The number of carbonyl (C=O) groups is 2. The van der Waals surface area contributed by atoms with Gasteiger partial charge >= 0.3 is 0 Å². The van der Waals surface area contributed by atoms with Crippen LogP contribution < -0.4 is 15.5 Å². The van der Waals surface area contributed by atoms with Crippen molar-refractivity contribution in [3.63, 3.8) is 0 Å². The van der Waals surface area contributed by atoms with Crippen molar-refractivity contribution in [2.24, 2.45) is 0 Å². The molecule has 2 aliphatic heterocycles. The van der Waals surface area contributed by atoms with Gasteiger partial charge in [0.25, 0.3) is 5.91 Å². The summed E-state index contributed by atoms with van der Waals surface area (Å²) in [6.07, 6.45) is 13.4. The third kappa shape index (κ3) is 10.4. The molecule has 1 saturated heterocycles. The summed E-state index contributed by atoms with van der Waals surface area (Å²) in [5.74, 6) is -0.0599. The molecule has 4 rings (SSSR count). The van der Waals surface area contributed by atoms with Gasteiger partial charge in [0.15, 0.2) is 0 Å². The fourth-order valence-electron chi connectivity index (χ4n) is 6.02. The van der Waals surface area contributed by atoms with Crippen molar-refractivity contribution in [3.05, 3.63) is 59.2 Å². The van der Waals surface area contributed by atoms with E-state index in [9.17, 15) is 9.59 Å². The molecule has 0 atom stereocenters. The Kier molecular flexibility index (Phi) is 13.7. The molecule has 0 aliphatic carbocycles. The Balaban J connectivity index is 1.32. The van der Waals surface area contributed by atoms with E-state index in [1.807, 2.05) is 18.2 Å².